The molecule has 0 aromatic heterocycles. The second-order valence-electron chi connectivity index (χ2n) is 4.50. The second kappa shape index (κ2) is 7.55. The highest BCUT2D eigenvalue weighted by Gasteiger charge is 2.08. The average molecular weight is 279 g/mol. The Morgan fingerprint density at radius 3 is 2.55 bits per heavy atom. The number of ether oxygens (including phenoxy) is 2. The zero-order chi connectivity index (χ0) is 15.1. The largest absolute Gasteiger partial charge is 0.509 e. The summed E-state index contributed by atoms with van der Waals surface area (Å²) in [7, 11) is 3.16. The maximum absolute atomic E-state index is 9.67. The zero-order valence-corrected chi connectivity index (χ0v) is 12.3. The van der Waals surface area contributed by atoms with Gasteiger partial charge in [0, 0.05) is 17.8 Å². The minimum Gasteiger partial charge on any atom is -0.509 e. The van der Waals surface area contributed by atoms with E-state index in [1.807, 2.05) is 12.1 Å². The van der Waals surface area contributed by atoms with E-state index in [9.17, 15) is 10.2 Å². The lowest BCUT2D eigenvalue weighted by Crippen LogP contribution is -2.13. The molecule has 110 valence electrons. The van der Waals surface area contributed by atoms with Gasteiger partial charge in [0.25, 0.3) is 0 Å². The molecule has 0 amide bonds. The van der Waals surface area contributed by atoms with Crippen LogP contribution in [0.2, 0.25) is 0 Å². The number of aliphatic hydroxyl groups excluding tert-OH is 2. The first-order valence-electron chi connectivity index (χ1n) is 6.24. The van der Waals surface area contributed by atoms with E-state index >= 15 is 0 Å². The van der Waals surface area contributed by atoms with Crippen molar-refractivity contribution in [2.75, 3.05) is 14.2 Å². The molecule has 0 aliphatic rings. The van der Waals surface area contributed by atoms with E-state index in [1.165, 1.54) is 6.21 Å². The van der Waals surface area contributed by atoms with E-state index in [0.717, 1.165) is 5.56 Å². The lowest BCUT2D eigenvalue weighted by Gasteiger charge is -2.09. The lowest BCUT2D eigenvalue weighted by molar-refractivity contribution is 0.208. The van der Waals surface area contributed by atoms with Crippen molar-refractivity contribution in [3.05, 3.63) is 35.1 Å². The molecule has 0 bridgehead atoms. The maximum Gasteiger partial charge on any atom is 0.145 e. The van der Waals surface area contributed by atoms with Crippen LogP contribution in [0.3, 0.4) is 0 Å². The van der Waals surface area contributed by atoms with Gasteiger partial charge in [-0.15, -0.1) is 0 Å². The number of methoxy groups -OCH3 is 2. The molecule has 0 heterocycles. The Morgan fingerprint density at radius 2 is 2.00 bits per heavy atom. The van der Waals surface area contributed by atoms with Gasteiger partial charge in [-0.25, -0.2) is 0 Å². The van der Waals surface area contributed by atoms with Gasteiger partial charge in [-0.1, -0.05) is 0 Å². The Kier molecular flexibility index (Phi) is 6.06. The third kappa shape index (κ3) is 4.28. The highest BCUT2D eigenvalue weighted by Crippen LogP contribution is 2.25. The summed E-state index contributed by atoms with van der Waals surface area (Å²) in [6, 6.07) is 5.44. The predicted octanol–water partition coefficient (Wildman–Crippen LogP) is 2.49. The van der Waals surface area contributed by atoms with Gasteiger partial charge in [-0.2, -0.15) is 0 Å². The molecular weight excluding hydrogens is 258 g/mol. The van der Waals surface area contributed by atoms with Crippen molar-refractivity contribution in [1.82, 2.24) is 0 Å². The molecule has 0 unspecified atom stereocenters. The van der Waals surface area contributed by atoms with Gasteiger partial charge in [0.15, 0.2) is 0 Å². The SMILES string of the molecule is COc1ccc(CN=C[C@H](O)C(O)=C(C)C)c(OC)c1. The van der Waals surface area contributed by atoms with E-state index in [1.54, 1.807) is 34.1 Å². The Labute approximate surface area is 119 Å². The number of rotatable bonds is 6. The fourth-order valence-electron chi connectivity index (χ4n) is 1.60. The van der Waals surface area contributed by atoms with Gasteiger partial charge < -0.3 is 19.7 Å². The van der Waals surface area contributed by atoms with Crippen LogP contribution in [0.1, 0.15) is 19.4 Å². The van der Waals surface area contributed by atoms with E-state index in [-0.39, 0.29) is 5.76 Å². The molecule has 20 heavy (non-hydrogen) atoms. The van der Waals surface area contributed by atoms with Gasteiger partial charge in [-0.05, 0) is 31.6 Å². The van der Waals surface area contributed by atoms with Crippen LogP contribution >= 0.6 is 0 Å². The molecule has 5 nitrogen and oxygen atoms in total. The lowest BCUT2D eigenvalue weighted by atomic mass is 10.2. The number of benzene rings is 1. The van der Waals surface area contributed by atoms with E-state index in [4.69, 9.17) is 9.47 Å². The molecule has 0 spiro atoms. The minimum atomic E-state index is -1.08. The van der Waals surface area contributed by atoms with Crippen molar-refractivity contribution in [2.24, 2.45) is 4.99 Å². The van der Waals surface area contributed by atoms with Crippen molar-refractivity contribution >= 4 is 6.21 Å². The summed E-state index contributed by atoms with van der Waals surface area (Å²) < 4.78 is 10.4. The van der Waals surface area contributed by atoms with Crippen LogP contribution in [0, 0.1) is 0 Å². The molecule has 0 fully saturated rings. The van der Waals surface area contributed by atoms with Crippen molar-refractivity contribution in [2.45, 2.75) is 26.5 Å². The summed E-state index contributed by atoms with van der Waals surface area (Å²) in [5, 5.41) is 19.2. The van der Waals surface area contributed by atoms with Crippen molar-refractivity contribution < 1.29 is 19.7 Å². The van der Waals surface area contributed by atoms with Gasteiger partial charge in [0.05, 0.1) is 20.8 Å². The predicted molar refractivity (Wildman–Crippen MR) is 78.8 cm³/mol. The molecule has 1 aromatic carbocycles. The van der Waals surface area contributed by atoms with Gasteiger partial charge in [0.2, 0.25) is 0 Å². The van der Waals surface area contributed by atoms with Crippen molar-refractivity contribution in [3.63, 3.8) is 0 Å². The second-order valence-corrected chi connectivity index (χ2v) is 4.50. The van der Waals surface area contributed by atoms with Crippen LogP contribution in [0.4, 0.5) is 0 Å². The minimum absolute atomic E-state index is 0.0737. The molecule has 2 N–H and O–H groups in total. The first-order valence-corrected chi connectivity index (χ1v) is 6.24. The molecule has 0 saturated heterocycles. The topological polar surface area (TPSA) is 71.3 Å². The van der Waals surface area contributed by atoms with Crippen LogP contribution in [0.5, 0.6) is 11.5 Å². The number of allylic oxidation sites excluding steroid dienone is 1. The quantitative estimate of drug-likeness (QED) is 0.620. The summed E-state index contributed by atoms with van der Waals surface area (Å²) in [4.78, 5) is 4.12. The van der Waals surface area contributed by atoms with Crippen molar-refractivity contribution in [1.29, 1.82) is 0 Å². The molecule has 0 saturated carbocycles. The van der Waals surface area contributed by atoms with E-state index < -0.39 is 6.10 Å². The summed E-state index contributed by atoms with van der Waals surface area (Å²) >= 11 is 0. The Hall–Kier alpha value is -2.01. The number of hydrogen-bond acceptors (Lipinski definition) is 5. The van der Waals surface area contributed by atoms with E-state index in [0.29, 0.717) is 23.6 Å². The molecule has 0 aliphatic carbocycles. The fraction of sp³-hybridized carbons (Fsp3) is 0.400. The molecule has 5 heteroatoms. The van der Waals surface area contributed by atoms with Gasteiger partial charge >= 0.3 is 0 Å². The Morgan fingerprint density at radius 1 is 1.30 bits per heavy atom. The molecule has 0 radical (unpaired) electrons. The van der Waals surface area contributed by atoms with Crippen LogP contribution in [0.15, 0.2) is 34.5 Å². The summed E-state index contributed by atoms with van der Waals surface area (Å²) in [6.07, 6.45) is 0.232. The van der Waals surface area contributed by atoms with Gasteiger partial charge in [-0.3, -0.25) is 4.99 Å². The van der Waals surface area contributed by atoms with Crippen LogP contribution in [-0.2, 0) is 6.54 Å². The third-order valence-electron chi connectivity index (χ3n) is 2.79. The first kappa shape index (κ1) is 16.0. The first-order chi connectivity index (χ1) is 9.49. The van der Waals surface area contributed by atoms with Crippen molar-refractivity contribution in [3.8, 4) is 11.5 Å². The number of nitrogens with zero attached hydrogens (tertiary/aromatic N) is 1. The normalized spacial score (nSPS) is 12.2. The Balaban J connectivity index is 2.77. The molecule has 0 aliphatic heterocycles. The van der Waals surface area contributed by atoms with Gasteiger partial charge in [0.1, 0.15) is 23.4 Å². The highest BCUT2D eigenvalue weighted by atomic mass is 16.5. The monoisotopic (exact) mass is 279 g/mol. The Bertz CT molecular complexity index is 505. The third-order valence-corrected chi connectivity index (χ3v) is 2.79. The van der Waals surface area contributed by atoms with Crippen LogP contribution in [-0.4, -0.2) is 36.8 Å². The van der Waals surface area contributed by atoms with Crippen LogP contribution < -0.4 is 9.47 Å². The van der Waals surface area contributed by atoms with E-state index in [2.05, 4.69) is 4.99 Å². The molecule has 1 aromatic rings. The summed E-state index contributed by atoms with van der Waals surface area (Å²) in [5.41, 5.74) is 1.53. The zero-order valence-electron chi connectivity index (χ0n) is 12.3. The average Bonchev–Trinajstić information content (AvgIpc) is 2.46. The summed E-state index contributed by atoms with van der Waals surface area (Å²) in [5.74, 6) is 1.30. The fourth-order valence-corrected chi connectivity index (χ4v) is 1.60. The smallest absolute Gasteiger partial charge is 0.145 e. The number of hydrogen-bond donors (Lipinski definition) is 2. The summed E-state index contributed by atoms with van der Waals surface area (Å²) in [6.45, 7) is 3.79. The molecule has 1 atom stereocenters. The highest BCUT2D eigenvalue weighted by molar-refractivity contribution is 5.66. The number of aliphatic imine (C=N–C) groups is 1. The van der Waals surface area contributed by atoms with Crippen LogP contribution in [0.25, 0.3) is 0 Å². The standard InChI is InChI=1S/C15H21NO4/c1-10(2)15(18)13(17)9-16-8-11-5-6-12(19-3)7-14(11)20-4/h5-7,9,13,17-18H,8H2,1-4H3/t13-/m0/s1. The molecular formula is C15H21NO4. The number of aliphatic hydroxyl groups is 2. The molecule has 1 rings (SSSR count). The maximum atomic E-state index is 9.67.